The van der Waals surface area contributed by atoms with Crippen molar-refractivity contribution in [3.05, 3.63) is 22.4 Å². The van der Waals surface area contributed by atoms with Crippen LogP contribution in [0.4, 0.5) is 0 Å². The minimum atomic E-state index is 0.130. The second kappa shape index (κ2) is 3.19. The quantitative estimate of drug-likeness (QED) is 0.745. The van der Waals surface area contributed by atoms with Crippen molar-refractivity contribution in [1.82, 2.24) is 0 Å². The van der Waals surface area contributed by atoms with E-state index in [2.05, 4.69) is 17.5 Å². The second-order valence-corrected chi connectivity index (χ2v) is 4.86. The van der Waals surface area contributed by atoms with E-state index in [0.29, 0.717) is 0 Å². The van der Waals surface area contributed by atoms with Gasteiger partial charge < -0.3 is 5.73 Å². The molecule has 0 saturated heterocycles. The van der Waals surface area contributed by atoms with Crippen LogP contribution in [0.1, 0.15) is 30.6 Å². The zero-order valence-electron chi connectivity index (χ0n) is 7.25. The van der Waals surface area contributed by atoms with Crippen molar-refractivity contribution in [3.63, 3.8) is 0 Å². The van der Waals surface area contributed by atoms with Gasteiger partial charge in [0.1, 0.15) is 0 Å². The average molecular weight is 181 g/mol. The van der Waals surface area contributed by atoms with Crippen molar-refractivity contribution >= 4 is 11.3 Å². The summed E-state index contributed by atoms with van der Waals surface area (Å²) in [6.45, 7) is 0. The van der Waals surface area contributed by atoms with Gasteiger partial charge in [-0.1, -0.05) is 18.9 Å². The number of hydrogen-bond acceptors (Lipinski definition) is 2. The van der Waals surface area contributed by atoms with Crippen LogP contribution < -0.4 is 5.73 Å². The zero-order chi connectivity index (χ0) is 8.44. The Kier molecular flexibility index (Phi) is 2.20. The van der Waals surface area contributed by atoms with Gasteiger partial charge in [-0.3, -0.25) is 0 Å². The van der Waals surface area contributed by atoms with Gasteiger partial charge in [0.25, 0.3) is 0 Å². The van der Waals surface area contributed by atoms with E-state index in [1.165, 1.54) is 30.6 Å². The molecule has 2 N–H and O–H groups in total. The highest BCUT2D eigenvalue weighted by Crippen LogP contribution is 2.31. The summed E-state index contributed by atoms with van der Waals surface area (Å²) in [7, 11) is 0. The Morgan fingerprint density at radius 2 is 2.17 bits per heavy atom. The molecular formula is C10H15NS. The van der Waals surface area contributed by atoms with E-state index in [9.17, 15) is 0 Å². The van der Waals surface area contributed by atoms with Crippen LogP contribution in [0.2, 0.25) is 0 Å². The number of nitrogens with two attached hydrogens (primary N) is 1. The summed E-state index contributed by atoms with van der Waals surface area (Å²) in [6.07, 6.45) is 6.16. The van der Waals surface area contributed by atoms with Crippen LogP contribution in [0, 0.1) is 0 Å². The third kappa shape index (κ3) is 1.70. The molecule has 1 saturated carbocycles. The summed E-state index contributed by atoms with van der Waals surface area (Å²) >= 11 is 1.83. The fourth-order valence-electron chi connectivity index (χ4n) is 2.02. The van der Waals surface area contributed by atoms with Crippen molar-refractivity contribution in [1.29, 1.82) is 0 Å². The lowest BCUT2D eigenvalue weighted by atomic mass is 9.94. The Labute approximate surface area is 77.6 Å². The fourth-order valence-corrected chi connectivity index (χ4v) is 2.88. The van der Waals surface area contributed by atoms with Gasteiger partial charge in [-0.2, -0.15) is 0 Å². The lowest BCUT2D eigenvalue weighted by Gasteiger charge is -2.22. The second-order valence-electron chi connectivity index (χ2n) is 3.83. The summed E-state index contributed by atoms with van der Waals surface area (Å²) < 4.78 is 0. The van der Waals surface area contributed by atoms with Crippen LogP contribution in [0.25, 0.3) is 0 Å². The first-order chi connectivity index (χ1) is 5.79. The van der Waals surface area contributed by atoms with Crippen LogP contribution in [0.15, 0.2) is 17.5 Å². The Morgan fingerprint density at radius 3 is 2.75 bits per heavy atom. The normalized spacial score (nSPS) is 21.4. The molecule has 1 nitrogen and oxygen atoms in total. The largest absolute Gasteiger partial charge is 0.325 e. The Bertz CT molecular complexity index is 234. The predicted octanol–water partition coefficient (Wildman–Crippen LogP) is 2.56. The molecule has 1 aromatic rings. The van der Waals surface area contributed by atoms with E-state index in [1.807, 2.05) is 11.3 Å². The molecule has 1 fully saturated rings. The summed E-state index contributed by atoms with van der Waals surface area (Å²) in [5.41, 5.74) is 6.39. The molecule has 1 aliphatic carbocycles. The maximum absolute atomic E-state index is 6.26. The summed E-state index contributed by atoms with van der Waals surface area (Å²) in [4.78, 5) is 1.44. The molecule has 0 aliphatic heterocycles. The topological polar surface area (TPSA) is 26.0 Å². The van der Waals surface area contributed by atoms with E-state index in [1.54, 1.807) is 0 Å². The van der Waals surface area contributed by atoms with Gasteiger partial charge in [0, 0.05) is 10.4 Å². The lowest BCUT2D eigenvalue weighted by molar-refractivity contribution is 0.439. The molecule has 66 valence electrons. The minimum Gasteiger partial charge on any atom is -0.325 e. The Hall–Kier alpha value is -0.340. The fraction of sp³-hybridized carbons (Fsp3) is 0.600. The van der Waals surface area contributed by atoms with Crippen LogP contribution >= 0.6 is 11.3 Å². The molecule has 0 amide bonds. The molecule has 2 rings (SSSR count). The van der Waals surface area contributed by atoms with Gasteiger partial charge in [-0.15, -0.1) is 11.3 Å². The van der Waals surface area contributed by atoms with Crippen molar-refractivity contribution in [2.75, 3.05) is 0 Å². The first kappa shape index (κ1) is 8.27. The molecule has 0 spiro atoms. The van der Waals surface area contributed by atoms with Gasteiger partial charge in [0.05, 0.1) is 0 Å². The van der Waals surface area contributed by atoms with Crippen LogP contribution in [-0.4, -0.2) is 5.54 Å². The maximum atomic E-state index is 6.26. The molecular weight excluding hydrogens is 166 g/mol. The summed E-state index contributed by atoms with van der Waals surface area (Å²) in [6, 6.07) is 4.30. The van der Waals surface area contributed by atoms with E-state index in [-0.39, 0.29) is 5.54 Å². The molecule has 0 aromatic carbocycles. The molecule has 1 heterocycles. The van der Waals surface area contributed by atoms with Crippen molar-refractivity contribution in [3.8, 4) is 0 Å². The maximum Gasteiger partial charge on any atom is 0.0203 e. The van der Waals surface area contributed by atoms with E-state index >= 15 is 0 Å². The SMILES string of the molecule is NC1(Cc2cccs2)CCCC1. The monoisotopic (exact) mass is 181 g/mol. The molecule has 12 heavy (non-hydrogen) atoms. The summed E-state index contributed by atoms with van der Waals surface area (Å²) in [5.74, 6) is 0. The van der Waals surface area contributed by atoms with Gasteiger partial charge in [0.2, 0.25) is 0 Å². The third-order valence-corrected chi connectivity index (χ3v) is 3.58. The first-order valence-corrected chi connectivity index (χ1v) is 5.48. The number of thiophene rings is 1. The Morgan fingerprint density at radius 1 is 1.42 bits per heavy atom. The smallest absolute Gasteiger partial charge is 0.0203 e. The minimum absolute atomic E-state index is 0.130. The van der Waals surface area contributed by atoms with E-state index < -0.39 is 0 Å². The van der Waals surface area contributed by atoms with E-state index in [0.717, 1.165) is 6.42 Å². The standard InChI is InChI=1S/C10H15NS/c11-10(5-1-2-6-10)8-9-4-3-7-12-9/h3-4,7H,1-2,5-6,8,11H2. The van der Waals surface area contributed by atoms with Crippen LogP contribution in [-0.2, 0) is 6.42 Å². The van der Waals surface area contributed by atoms with Crippen LogP contribution in [0.3, 0.4) is 0 Å². The predicted molar refractivity (Wildman–Crippen MR) is 53.4 cm³/mol. The molecule has 0 unspecified atom stereocenters. The number of rotatable bonds is 2. The summed E-state index contributed by atoms with van der Waals surface area (Å²) in [5, 5.41) is 2.13. The van der Waals surface area contributed by atoms with Crippen molar-refractivity contribution in [2.24, 2.45) is 5.73 Å². The molecule has 0 radical (unpaired) electrons. The van der Waals surface area contributed by atoms with E-state index in [4.69, 9.17) is 5.73 Å². The molecule has 1 aliphatic rings. The van der Waals surface area contributed by atoms with Gasteiger partial charge in [-0.25, -0.2) is 0 Å². The molecule has 0 bridgehead atoms. The third-order valence-electron chi connectivity index (χ3n) is 2.71. The highest BCUT2D eigenvalue weighted by atomic mass is 32.1. The molecule has 1 aromatic heterocycles. The van der Waals surface area contributed by atoms with Gasteiger partial charge in [-0.05, 0) is 30.7 Å². The Balaban J connectivity index is 2.02. The zero-order valence-corrected chi connectivity index (χ0v) is 8.07. The van der Waals surface area contributed by atoms with Gasteiger partial charge >= 0.3 is 0 Å². The van der Waals surface area contributed by atoms with Gasteiger partial charge in [0.15, 0.2) is 0 Å². The first-order valence-electron chi connectivity index (χ1n) is 4.60. The number of hydrogen-bond donors (Lipinski definition) is 1. The van der Waals surface area contributed by atoms with Crippen LogP contribution in [0.5, 0.6) is 0 Å². The average Bonchev–Trinajstić information content (AvgIpc) is 2.62. The molecule has 2 heteroatoms. The van der Waals surface area contributed by atoms with Crippen molar-refractivity contribution in [2.45, 2.75) is 37.6 Å². The highest BCUT2D eigenvalue weighted by Gasteiger charge is 2.29. The lowest BCUT2D eigenvalue weighted by Crippen LogP contribution is -2.38. The van der Waals surface area contributed by atoms with Crippen molar-refractivity contribution < 1.29 is 0 Å². The highest BCUT2D eigenvalue weighted by molar-refractivity contribution is 7.09. The molecule has 0 atom stereocenters.